The maximum Gasteiger partial charge on any atom is 0.418 e. The summed E-state index contributed by atoms with van der Waals surface area (Å²) in [4.78, 5) is 109. The van der Waals surface area contributed by atoms with Crippen LogP contribution < -0.4 is 31.3 Å². The molecule has 86 heavy (non-hydrogen) atoms. The Bertz CT molecular complexity index is 3010. The van der Waals surface area contributed by atoms with Gasteiger partial charge in [-0.25, -0.2) is 9.59 Å². The second kappa shape index (κ2) is 29.3. The number of Topliss-reactive ketones (excluding diaryl/α,β-unsaturated/α-hetero) is 1. The summed E-state index contributed by atoms with van der Waals surface area (Å²) in [5, 5.41) is 19.4. The molecular formula is C61H78ClF3N6O14S. The van der Waals surface area contributed by atoms with Crippen molar-refractivity contribution in [1.29, 1.82) is 0 Å². The van der Waals surface area contributed by atoms with Gasteiger partial charge in [0.05, 0.1) is 55.0 Å². The van der Waals surface area contributed by atoms with Crippen molar-refractivity contribution in [3.05, 3.63) is 88.0 Å². The van der Waals surface area contributed by atoms with Gasteiger partial charge in [-0.1, -0.05) is 86.1 Å². The Kier molecular flexibility index (Phi) is 23.3. The minimum absolute atomic E-state index is 0.0101. The highest BCUT2D eigenvalue weighted by Gasteiger charge is 2.64. The molecule has 2 aromatic carbocycles. The quantitative estimate of drug-likeness (QED) is 0.0184. The number of hydrogen-bond acceptors (Lipinski definition) is 15. The Morgan fingerprint density at radius 1 is 1.03 bits per heavy atom. The van der Waals surface area contributed by atoms with Crippen LogP contribution in [-0.2, 0) is 66.7 Å². The number of ketones is 1. The maximum atomic E-state index is 15.1. The number of imide groups is 1. The van der Waals surface area contributed by atoms with Crippen LogP contribution in [0.3, 0.4) is 0 Å². The number of amides is 7. The molecule has 25 heteroatoms. The van der Waals surface area contributed by atoms with Gasteiger partial charge in [-0.05, 0) is 106 Å². The number of unbranched alkanes of at least 4 members (excludes halogenated alkanes) is 2. The molecule has 4 aliphatic rings. The van der Waals surface area contributed by atoms with E-state index in [4.69, 9.17) is 53.2 Å². The van der Waals surface area contributed by atoms with Gasteiger partial charge in [-0.15, -0.1) is 0 Å². The van der Waals surface area contributed by atoms with Gasteiger partial charge in [0, 0.05) is 58.3 Å². The number of anilines is 2. The number of carbonyl (C=O) groups excluding carboxylic acids is 8. The number of esters is 1. The first-order chi connectivity index (χ1) is 40.4. The number of halogens is 4. The lowest BCUT2D eigenvalue weighted by atomic mass is 9.78. The first kappa shape index (κ1) is 68.4. The lowest BCUT2D eigenvalue weighted by molar-refractivity contribution is -0.187. The van der Waals surface area contributed by atoms with Crippen LogP contribution in [0.1, 0.15) is 122 Å². The number of nitrogens with one attached hydrogen (secondary N) is 3. The molecule has 4 bridgehead atoms. The molecule has 0 aliphatic carbocycles. The molecule has 6 rings (SSSR count). The fraction of sp³-hybridized carbons (Fsp3) is 0.557. The number of urea groups is 1. The van der Waals surface area contributed by atoms with Crippen molar-refractivity contribution in [2.24, 2.45) is 23.5 Å². The number of primary amides is 1. The number of aliphatic hydroxyl groups is 1. The van der Waals surface area contributed by atoms with E-state index >= 15 is 13.2 Å². The van der Waals surface area contributed by atoms with E-state index in [9.17, 15) is 43.5 Å². The van der Waals surface area contributed by atoms with E-state index in [1.807, 2.05) is 13.0 Å². The molecule has 1 unspecified atom stereocenters. The van der Waals surface area contributed by atoms with Crippen molar-refractivity contribution in [1.82, 2.24) is 15.5 Å². The first-order valence-electron chi connectivity index (χ1n) is 28.5. The number of hydrogen-bond donors (Lipinski definition) is 5. The fourth-order valence-corrected chi connectivity index (χ4v) is 11.9. The number of nitrogens with zero attached hydrogens (tertiary/aromatic N) is 2. The highest BCUT2D eigenvalue weighted by molar-refractivity contribution is 7.80. The van der Waals surface area contributed by atoms with Gasteiger partial charge in [0.1, 0.15) is 40.3 Å². The minimum Gasteiger partial charge on any atom is -0.495 e. The molecular weight excluding hydrogens is 1170 g/mol. The Morgan fingerprint density at radius 2 is 1.76 bits per heavy atom. The average molecular weight is 1240 g/mol. The zero-order valence-corrected chi connectivity index (χ0v) is 51.3. The Morgan fingerprint density at radius 3 is 2.40 bits per heavy atom. The molecule has 4 aliphatic heterocycles. The molecule has 6 N–H and O–H groups in total. The van der Waals surface area contributed by atoms with Gasteiger partial charge < -0.3 is 50.1 Å². The van der Waals surface area contributed by atoms with E-state index in [-0.39, 0.29) is 78.4 Å². The molecule has 0 spiro atoms. The molecule has 3 saturated heterocycles. The number of allylic oxidation sites excluding steroid dienone is 3. The second-order valence-electron chi connectivity index (χ2n) is 23.1. The van der Waals surface area contributed by atoms with Crippen LogP contribution in [0.5, 0.6) is 5.75 Å². The number of likely N-dealkylation sites (tertiary alicyclic amines) is 1. The van der Waals surface area contributed by atoms with Gasteiger partial charge in [0.2, 0.25) is 23.6 Å². The van der Waals surface area contributed by atoms with Crippen molar-refractivity contribution in [3.63, 3.8) is 0 Å². The molecule has 2 aromatic rings. The van der Waals surface area contributed by atoms with E-state index in [1.54, 1.807) is 45.1 Å². The van der Waals surface area contributed by atoms with Gasteiger partial charge in [-0.2, -0.15) is 13.2 Å². The number of thiocarbonyl (C=S) groups is 1. The Hall–Kier alpha value is -6.73. The molecule has 20 nitrogen and oxygen atoms in total. The summed E-state index contributed by atoms with van der Waals surface area (Å²) < 4.78 is 74.5. The number of rotatable bonds is 22. The maximum absolute atomic E-state index is 15.1. The van der Waals surface area contributed by atoms with E-state index in [0.29, 0.717) is 60.7 Å². The fourth-order valence-electron chi connectivity index (χ4n) is 11.3. The van der Waals surface area contributed by atoms with Crippen molar-refractivity contribution in [2.75, 3.05) is 44.6 Å². The third-order valence-corrected chi connectivity index (χ3v) is 17.0. The number of alkyl halides is 3. The van der Waals surface area contributed by atoms with Crippen LogP contribution in [0.25, 0.3) is 0 Å². The minimum atomic E-state index is -5.13. The van der Waals surface area contributed by atoms with Crippen LogP contribution in [0.15, 0.2) is 66.3 Å². The van der Waals surface area contributed by atoms with E-state index in [0.717, 1.165) is 11.6 Å². The summed E-state index contributed by atoms with van der Waals surface area (Å²) in [5.41, 5.74) is 1.88. The van der Waals surface area contributed by atoms with Crippen LogP contribution >= 0.6 is 23.8 Å². The number of epoxide rings is 1. The zero-order chi connectivity index (χ0) is 63.6. The normalized spacial score (nSPS) is 26.0. The summed E-state index contributed by atoms with van der Waals surface area (Å²) >= 11 is 12.4. The smallest absolute Gasteiger partial charge is 0.418 e. The van der Waals surface area contributed by atoms with Crippen molar-refractivity contribution >= 4 is 87.6 Å². The monoisotopic (exact) mass is 1240 g/mol. The lowest BCUT2D eigenvalue weighted by Gasteiger charge is -2.41. The van der Waals surface area contributed by atoms with Crippen molar-refractivity contribution in [3.8, 4) is 5.75 Å². The summed E-state index contributed by atoms with van der Waals surface area (Å²) in [7, 11) is 4.24. The lowest BCUT2D eigenvalue weighted by Crippen LogP contribution is -2.53. The standard InChI is InChI=1S/C61H78ClF3N6O14S/c1-33(2)40(29-39(86)16-11-10-12-22-71-51(74)24-35(4)56(71)77)55(76)68-43(17-14-21-67-57(66)78)45(72)27-37-19-20-42(41(25-37)61(63,64)65)69-58(79)84-49-30-50(73)70(7)44-26-38(28-46(81-8)53(44)62)23-34(3)15-13-18-48(82-9)60(80)31-47(83-52(75)32-60)36(5)54-59(49,6)85-54/h13,15,18-20,25-26,28,35-36,40,43,47-49,54,80H,1,10-12,14,16-17,21-24,27,29-32H2,2-9H3,(H,68,76)(H,69,79)(H3,66,67,78)/b18-13+,34-15+/t35?,36-,40+,43+,47+,48-,49+,54+,59+,60-/m1/s1. The molecule has 4 heterocycles. The van der Waals surface area contributed by atoms with E-state index < -0.39 is 126 Å². The number of nitrogens with two attached hydrogens (primary N) is 1. The van der Waals surface area contributed by atoms with Crippen LogP contribution in [0.2, 0.25) is 5.02 Å². The largest absolute Gasteiger partial charge is 0.495 e. The zero-order valence-electron chi connectivity index (χ0n) is 49.7. The highest BCUT2D eigenvalue weighted by atomic mass is 35.5. The summed E-state index contributed by atoms with van der Waals surface area (Å²) in [6.45, 7) is 12.7. The third-order valence-electron chi connectivity index (χ3n) is 16.3. The summed E-state index contributed by atoms with van der Waals surface area (Å²) in [5.74, 6) is -4.74. The molecule has 7 amide bonds. The molecule has 10 atom stereocenters. The SMILES string of the molecule is C=C(C)[C@H](CC(=S)CCCCCN1C(=O)CC(C)C1=O)C(=O)N[C@@H](CCCNC(N)=O)C(=O)Cc1ccc(NC(=O)O[C@H]2CC(=O)N(C)c3cc(cc(OC)c3Cl)C/C(C)=C/C=C/[C@@H](OC)[C@]3(O)CC(=O)O[C@@H](C3)[C@@H](C)[C@@H]3O[C@@]23C)c(C(F)(F)F)c1. The predicted molar refractivity (Wildman–Crippen MR) is 317 cm³/mol. The van der Waals surface area contributed by atoms with E-state index in [1.165, 1.54) is 44.1 Å². The molecule has 0 aromatic heterocycles. The number of fused-ring (bicyclic) bond motifs is 5. The molecule has 470 valence electrons. The predicted octanol–water partition coefficient (Wildman–Crippen LogP) is 8.59. The number of benzene rings is 2. The summed E-state index contributed by atoms with van der Waals surface area (Å²) in [6.07, 6.45) is -4.48. The Balaban J connectivity index is 1.21. The van der Waals surface area contributed by atoms with E-state index in [2.05, 4.69) is 22.5 Å². The molecule has 0 saturated carbocycles. The summed E-state index contributed by atoms with van der Waals surface area (Å²) in [6, 6.07) is 4.09. The molecule has 0 radical (unpaired) electrons. The van der Waals surface area contributed by atoms with Gasteiger partial charge in [0.15, 0.2) is 5.78 Å². The number of methoxy groups -OCH3 is 2. The first-order valence-corrected chi connectivity index (χ1v) is 29.3. The number of carbonyl (C=O) groups is 8. The third kappa shape index (κ3) is 17.5. The average Bonchev–Trinajstić information content (AvgIpc) is 1.65. The van der Waals surface area contributed by atoms with Crippen LogP contribution in [-0.4, -0.2) is 138 Å². The van der Waals surface area contributed by atoms with Gasteiger partial charge >= 0.3 is 24.3 Å². The van der Waals surface area contributed by atoms with Crippen molar-refractivity contribution < 1.29 is 80.3 Å². The second-order valence-corrected chi connectivity index (χ2v) is 24.0. The topological polar surface area (TPSA) is 275 Å². The van der Waals surface area contributed by atoms with Gasteiger partial charge in [0.25, 0.3) is 0 Å². The highest BCUT2D eigenvalue weighted by Crippen LogP contribution is 2.50. The Labute approximate surface area is 509 Å². The van der Waals surface area contributed by atoms with Gasteiger partial charge in [-0.3, -0.25) is 39.0 Å². The van der Waals surface area contributed by atoms with Crippen LogP contribution in [0, 0.1) is 17.8 Å². The van der Waals surface area contributed by atoms with Crippen molar-refractivity contribution in [2.45, 2.75) is 166 Å². The molecule has 3 fully saturated rings. The number of ether oxygens (including phenoxy) is 5. The van der Waals surface area contributed by atoms with Crippen LogP contribution in [0.4, 0.5) is 34.1 Å².